The maximum atomic E-state index is 12.5. The van der Waals surface area contributed by atoms with Gasteiger partial charge in [-0.15, -0.1) is 10.2 Å². The Morgan fingerprint density at radius 2 is 1.80 bits per heavy atom. The third kappa shape index (κ3) is 4.43. The molecule has 1 saturated heterocycles. The van der Waals surface area contributed by atoms with Gasteiger partial charge in [0.15, 0.2) is 11.0 Å². The number of aromatic nitrogens is 3. The van der Waals surface area contributed by atoms with E-state index in [2.05, 4.69) is 10.2 Å². The summed E-state index contributed by atoms with van der Waals surface area (Å²) in [6, 6.07) is 12.9. The van der Waals surface area contributed by atoms with Crippen molar-refractivity contribution < 1.29 is 9.53 Å². The number of halogens is 2. The third-order valence-electron chi connectivity index (χ3n) is 4.93. The number of thioether (sulfide) groups is 1. The third-order valence-corrected chi connectivity index (χ3v) is 6.58. The molecule has 3 aromatic rings. The average molecular weight is 463 g/mol. The smallest absolute Gasteiger partial charge is 0.233 e. The van der Waals surface area contributed by atoms with Crippen molar-refractivity contribution in [2.75, 3.05) is 26.0 Å². The van der Waals surface area contributed by atoms with E-state index in [4.69, 9.17) is 27.9 Å². The predicted molar refractivity (Wildman–Crippen MR) is 120 cm³/mol. The number of carbonyl (C=O) groups is 1. The lowest BCUT2D eigenvalue weighted by Crippen LogP contribution is -2.29. The predicted octanol–water partition coefficient (Wildman–Crippen LogP) is 4.96. The quantitative estimate of drug-likeness (QED) is 0.484. The first-order valence-electron chi connectivity index (χ1n) is 9.52. The second-order valence-electron chi connectivity index (χ2n) is 6.85. The SMILES string of the molecule is COc1ccc(-c2nnc(SCC(=O)N3CCCC3)n2-c2ccc(Cl)c(Cl)c2)cc1. The molecule has 2 heterocycles. The van der Waals surface area contributed by atoms with Crippen molar-refractivity contribution in [2.24, 2.45) is 0 Å². The summed E-state index contributed by atoms with van der Waals surface area (Å²) in [6.07, 6.45) is 2.13. The molecule has 0 aliphatic carbocycles. The van der Waals surface area contributed by atoms with E-state index in [9.17, 15) is 4.79 Å². The number of carbonyl (C=O) groups excluding carboxylic acids is 1. The van der Waals surface area contributed by atoms with Crippen molar-refractivity contribution in [1.82, 2.24) is 19.7 Å². The highest BCUT2D eigenvalue weighted by molar-refractivity contribution is 7.99. The number of rotatable bonds is 6. The van der Waals surface area contributed by atoms with Crippen LogP contribution in [-0.4, -0.2) is 51.5 Å². The summed E-state index contributed by atoms with van der Waals surface area (Å²) in [5.41, 5.74) is 1.64. The molecule has 2 aromatic carbocycles. The first-order valence-corrected chi connectivity index (χ1v) is 11.3. The fraction of sp³-hybridized carbons (Fsp3) is 0.286. The first kappa shape index (κ1) is 21.0. The standard InChI is InChI=1S/C21H20Cl2N4O2S/c1-29-16-7-4-14(5-8-16)20-24-25-21(30-13-19(28)26-10-2-3-11-26)27(20)15-6-9-17(22)18(23)12-15/h4-9,12H,2-3,10-11,13H2,1H3. The molecule has 0 spiro atoms. The summed E-state index contributed by atoms with van der Waals surface area (Å²) in [5.74, 6) is 1.83. The summed E-state index contributed by atoms with van der Waals surface area (Å²) in [7, 11) is 1.62. The van der Waals surface area contributed by atoms with Gasteiger partial charge >= 0.3 is 0 Å². The molecular weight excluding hydrogens is 443 g/mol. The lowest BCUT2D eigenvalue weighted by Gasteiger charge is -2.15. The van der Waals surface area contributed by atoms with Crippen LogP contribution in [0.2, 0.25) is 10.0 Å². The Labute approximate surface area is 189 Å². The molecule has 1 fully saturated rings. The van der Waals surface area contributed by atoms with Crippen LogP contribution in [0.5, 0.6) is 5.75 Å². The minimum atomic E-state index is 0.118. The summed E-state index contributed by atoms with van der Waals surface area (Å²) in [6.45, 7) is 1.66. The van der Waals surface area contributed by atoms with E-state index in [-0.39, 0.29) is 5.91 Å². The maximum Gasteiger partial charge on any atom is 0.233 e. The number of hydrogen-bond acceptors (Lipinski definition) is 5. The molecule has 4 rings (SSSR count). The second kappa shape index (κ2) is 9.29. The number of hydrogen-bond donors (Lipinski definition) is 0. The Hall–Kier alpha value is -2.22. The molecule has 30 heavy (non-hydrogen) atoms. The number of nitrogens with zero attached hydrogens (tertiary/aromatic N) is 4. The maximum absolute atomic E-state index is 12.5. The Kier molecular flexibility index (Phi) is 6.51. The van der Waals surface area contributed by atoms with E-state index in [1.807, 2.05) is 39.8 Å². The van der Waals surface area contributed by atoms with Crippen molar-refractivity contribution in [3.63, 3.8) is 0 Å². The van der Waals surface area contributed by atoms with Gasteiger partial charge in [-0.1, -0.05) is 35.0 Å². The van der Waals surface area contributed by atoms with Crippen LogP contribution in [0.1, 0.15) is 12.8 Å². The zero-order valence-corrected chi connectivity index (χ0v) is 18.7. The van der Waals surface area contributed by atoms with Gasteiger partial charge < -0.3 is 9.64 Å². The van der Waals surface area contributed by atoms with E-state index in [1.54, 1.807) is 19.2 Å². The second-order valence-corrected chi connectivity index (χ2v) is 8.60. The van der Waals surface area contributed by atoms with Crippen molar-refractivity contribution in [3.05, 3.63) is 52.5 Å². The van der Waals surface area contributed by atoms with Gasteiger partial charge in [-0.25, -0.2) is 0 Å². The molecule has 6 nitrogen and oxygen atoms in total. The van der Waals surface area contributed by atoms with Crippen molar-refractivity contribution in [2.45, 2.75) is 18.0 Å². The zero-order chi connectivity index (χ0) is 21.1. The fourth-order valence-electron chi connectivity index (χ4n) is 3.33. The molecule has 156 valence electrons. The van der Waals surface area contributed by atoms with Crippen LogP contribution in [0.4, 0.5) is 0 Å². The number of benzene rings is 2. The van der Waals surface area contributed by atoms with Crippen molar-refractivity contribution in [3.8, 4) is 22.8 Å². The molecule has 0 bridgehead atoms. The van der Waals surface area contributed by atoms with E-state index in [1.165, 1.54) is 11.8 Å². The topological polar surface area (TPSA) is 60.3 Å². The van der Waals surface area contributed by atoms with E-state index >= 15 is 0 Å². The van der Waals surface area contributed by atoms with Gasteiger partial charge in [0.25, 0.3) is 0 Å². The molecule has 0 radical (unpaired) electrons. The Balaban J connectivity index is 1.69. The molecule has 0 unspecified atom stereocenters. The minimum absolute atomic E-state index is 0.118. The van der Waals surface area contributed by atoms with E-state index < -0.39 is 0 Å². The van der Waals surface area contributed by atoms with Gasteiger partial charge in [-0.05, 0) is 55.3 Å². The van der Waals surface area contributed by atoms with Gasteiger partial charge in [0.05, 0.1) is 28.6 Å². The Morgan fingerprint density at radius 1 is 1.07 bits per heavy atom. The van der Waals surface area contributed by atoms with Crippen LogP contribution in [0, 0.1) is 0 Å². The summed E-state index contributed by atoms with van der Waals surface area (Å²) in [4.78, 5) is 14.4. The molecule has 0 atom stereocenters. The highest BCUT2D eigenvalue weighted by Crippen LogP contribution is 2.32. The minimum Gasteiger partial charge on any atom is -0.497 e. The molecule has 0 N–H and O–H groups in total. The summed E-state index contributed by atoms with van der Waals surface area (Å²) in [5, 5.41) is 10.3. The van der Waals surface area contributed by atoms with Crippen molar-refractivity contribution in [1.29, 1.82) is 0 Å². The normalized spacial score (nSPS) is 13.6. The van der Waals surface area contributed by atoms with E-state index in [0.29, 0.717) is 26.8 Å². The number of ether oxygens (including phenoxy) is 1. The van der Waals surface area contributed by atoms with E-state index in [0.717, 1.165) is 42.9 Å². The molecule has 1 aliphatic rings. The first-order chi connectivity index (χ1) is 14.6. The van der Waals surface area contributed by atoms with Crippen LogP contribution in [0.25, 0.3) is 17.1 Å². The van der Waals surface area contributed by atoms with Gasteiger partial charge in [-0.2, -0.15) is 0 Å². The molecule has 1 aromatic heterocycles. The highest BCUT2D eigenvalue weighted by atomic mass is 35.5. The van der Waals surface area contributed by atoms with Crippen LogP contribution < -0.4 is 4.74 Å². The van der Waals surface area contributed by atoms with Crippen LogP contribution in [0.3, 0.4) is 0 Å². The zero-order valence-electron chi connectivity index (χ0n) is 16.3. The van der Waals surface area contributed by atoms with Crippen LogP contribution >= 0.6 is 35.0 Å². The molecule has 0 saturated carbocycles. The number of methoxy groups -OCH3 is 1. The average Bonchev–Trinajstić information content (AvgIpc) is 3.44. The summed E-state index contributed by atoms with van der Waals surface area (Å²) >= 11 is 13.7. The monoisotopic (exact) mass is 462 g/mol. The largest absolute Gasteiger partial charge is 0.497 e. The molecule has 1 amide bonds. The molecule has 9 heteroatoms. The number of amides is 1. The molecular formula is C21H20Cl2N4O2S. The lowest BCUT2D eigenvalue weighted by molar-refractivity contribution is -0.127. The van der Waals surface area contributed by atoms with Gasteiger partial charge in [0.1, 0.15) is 5.75 Å². The van der Waals surface area contributed by atoms with Gasteiger partial charge in [0.2, 0.25) is 5.91 Å². The number of likely N-dealkylation sites (tertiary alicyclic amines) is 1. The Bertz CT molecular complexity index is 1050. The van der Waals surface area contributed by atoms with Crippen molar-refractivity contribution >= 4 is 40.9 Å². The fourth-order valence-corrected chi connectivity index (χ4v) is 4.48. The highest BCUT2D eigenvalue weighted by Gasteiger charge is 2.21. The van der Waals surface area contributed by atoms with Crippen LogP contribution in [-0.2, 0) is 4.79 Å². The summed E-state index contributed by atoms with van der Waals surface area (Å²) < 4.78 is 7.14. The lowest BCUT2D eigenvalue weighted by atomic mass is 10.2. The van der Waals surface area contributed by atoms with Gasteiger partial charge in [-0.3, -0.25) is 9.36 Å². The Morgan fingerprint density at radius 3 is 2.47 bits per heavy atom. The van der Waals surface area contributed by atoms with Gasteiger partial charge in [0, 0.05) is 18.7 Å². The van der Waals surface area contributed by atoms with Crippen LogP contribution in [0.15, 0.2) is 47.6 Å². The molecule has 1 aliphatic heterocycles.